The molecule has 34 heavy (non-hydrogen) atoms. The summed E-state index contributed by atoms with van der Waals surface area (Å²) in [6, 6.07) is 27.5. The lowest BCUT2D eigenvalue weighted by molar-refractivity contribution is -0.127. The molecule has 7 heteroatoms. The van der Waals surface area contributed by atoms with Crippen LogP contribution in [0.5, 0.6) is 5.75 Å². The van der Waals surface area contributed by atoms with Crippen LogP contribution in [-0.4, -0.2) is 27.0 Å². The Morgan fingerprint density at radius 2 is 1.65 bits per heavy atom. The smallest absolute Gasteiger partial charge is 0.264 e. The van der Waals surface area contributed by atoms with Crippen molar-refractivity contribution in [2.45, 2.75) is 24.5 Å². The molecule has 1 aliphatic rings. The van der Waals surface area contributed by atoms with E-state index in [1.807, 2.05) is 49.4 Å². The minimum atomic E-state index is -3.88. The molecule has 1 aliphatic heterocycles. The number of amides is 1. The van der Waals surface area contributed by atoms with Crippen molar-refractivity contribution in [2.24, 2.45) is 0 Å². The van der Waals surface area contributed by atoms with Crippen LogP contribution in [0.25, 0.3) is 10.8 Å². The Morgan fingerprint density at radius 3 is 2.47 bits per heavy atom. The Labute approximate surface area is 198 Å². The number of aryl methyl sites for hydroxylation is 1. The maximum Gasteiger partial charge on any atom is 0.264 e. The van der Waals surface area contributed by atoms with E-state index in [0.29, 0.717) is 18.0 Å². The molecule has 1 N–H and O–H groups in total. The summed E-state index contributed by atoms with van der Waals surface area (Å²) >= 11 is 0. The number of hydrogen-bond donors (Lipinski definition) is 1. The molecular weight excluding hydrogens is 448 g/mol. The number of nitrogens with zero attached hydrogens (tertiary/aromatic N) is 1. The largest absolute Gasteiger partial charge is 0.476 e. The maximum atomic E-state index is 13.5. The van der Waals surface area contributed by atoms with E-state index in [9.17, 15) is 13.2 Å². The number of hydrogen-bond acceptors (Lipinski definition) is 4. The first-order valence-corrected chi connectivity index (χ1v) is 12.5. The third-order valence-corrected chi connectivity index (χ3v) is 7.76. The Morgan fingerprint density at radius 1 is 0.941 bits per heavy atom. The van der Waals surface area contributed by atoms with Gasteiger partial charge in [0.05, 0.1) is 17.1 Å². The molecule has 0 saturated carbocycles. The highest BCUT2D eigenvalue weighted by Gasteiger charge is 2.37. The number of carbonyl (C=O) groups excluding carboxylic acids is 1. The summed E-state index contributed by atoms with van der Waals surface area (Å²) in [4.78, 5) is 13.3. The topological polar surface area (TPSA) is 75.7 Å². The second-order valence-corrected chi connectivity index (χ2v) is 10.1. The van der Waals surface area contributed by atoms with Gasteiger partial charge >= 0.3 is 0 Å². The number of para-hydroxylation sites is 2. The first kappa shape index (κ1) is 22.0. The number of anilines is 1. The summed E-state index contributed by atoms with van der Waals surface area (Å²) in [5, 5.41) is 5.07. The zero-order valence-electron chi connectivity index (χ0n) is 18.6. The molecule has 1 heterocycles. The van der Waals surface area contributed by atoms with Crippen LogP contribution in [0.3, 0.4) is 0 Å². The standard InChI is InChI=1S/C27H24N2O4S/c1-19-13-15-22(16-14-19)34(31,32)29-18-26(33-25-12-5-4-11-24(25)29)27(30)28-17-21-9-6-8-20-7-2-3-10-23(20)21/h2-16,26H,17-18H2,1H3,(H,28,30). The molecule has 4 aromatic rings. The van der Waals surface area contributed by atoms with Gasteiger partial charge in [0.1, 0.15) is 5.75 Å². The summed E-state index contributed by atoms with van der Waals surface area (Å²) in [5.74, 6) is -0.0127. The minimum absolute atomic E-state index is 0.116. The molecule has 0 fully saturated rings. The van der Waals surface area contributed by atoms with Gasteiger partial charge in [-0.25, -0.2) is 8.42 Å². The van der Waals surface area contributed by atoms with E-state index < -0.39 is 16.1 Å². The van der Waals surface area contributed by atoms with Crippen molar-refractivity contribution < 1.29 is 17.9 Å². The Hall–Kier alpha value is -3.84. The molecule has 172 valence electrons. The van der Waals surface area contributed by atoms with Crippen molar-refractivity contribution in [3.63, 3.8) is 0 Å². The number of benzene rings is 4. The number of fused-ring (bicyclic) bond motifs is 2. The van der Waals surface area contributed by atoms with Crippen LogP contribution in [0.15, 0.2) is 95.9 Å². The molecule has 0 aromatic heterocycles. The van der Waals surface area contributed by atoms with Crippen LogP contribution < -0.4 is 14.4 Å². The first-order chi connectivity index (χ1) is 16.4. The lowest BCUT2D eigenvalue weighted by Gasteiger charge is -2.34. The van der Waals surface area contributed by atoms with Crippen LogP contribution in [-0.2, 0) is 21.4 Å². The van der Waals surface area contributed by atoms with Crippen molar-refractivity contribution in [1.29, 1.82) is 0 Å². The third kappa shape index (κ3) is 4.10. The predicted molar refractivity (Wildman–Crippen MR) is 132 cm³/mol. The Bertz CT molecular complexity index is 1460. The van der Waals surface area contributed by atoms with Crippen molar-refractivity contribution in [3.8, 4) is 5.75 Å². The lowest BCUT2D eigenvalue weighted by Crippen LogP contribution is -2.50. The maximum absolute atomic E-state index is 13.5. The fourth-order valence-corrected chi connectivity index (χ4v) is 5.62. The Balaban J connectivity index is 1.41. The van der Waals surface area contributed by atoms with E-state index in [1.54, 1.807) is 48.5 Å². The lowest BCUT2D eigenvalue weighted by atomic mass is 10.0. The number of ether oxygens (including phenoxy) is 1. The molecule has 1 unspecified atom stereocenters. The van der Waals surface area contributed by atoms with E-state index >= 15 is 0 Å². The highest BCUT2D eigenvalue weighted by Crippen LogP contribution is 2.36. The average Bonchev–Trinajstić information content (AvgIpc) is 2.86. The van der Waals surface area contributed by atoms with Gasteiger partial charge in [-0.05, 0) is 47.5 Å². The van der Waals surface area contributed by atoms with Gasteiger partial charge in [0.2, 0.25) is 0 Å². The fraction of sp³-hybridized carbons (Fsp3) is 0.148. The van der Waals surface area contributed by atoms with Crippen molar-refractivity contribution >= 4 is 32.4 Å². The fourth-order valence-electron chi connectivity index (χ4n) is 4.15. The van der Waals surface area contributed by atoms with Gasteiger partial charge in [-0.15, -0.1) is 0 Å². The molecule has 0 saturated heterocycles. The summed E-state index contributed by atoms with van der Waals surface area (Å²) in [6.07, 6.45) is -0.981. The quantitative estimate of drug-likeness (QED) is 0.467. The van der Waals surface area contributed by atoms with Crippen molar-refractivity contribution in [3.05, 3.63) is 102 Å². The number of rotatable bonds is 5. The van der Waals surface area contributed by atoms with Crippen LogP contribution in [0.2, 0.25) is 0 Å². The van der Waals surface area contributed by atoms with Crippen LogP contribution >= 0.6 is 0 Å². The predicted octanol–water partition coefficient (Wildman–Crippen LogP) is 4.42. The zero-order chi connectivity index (χ0) is 23.7. The highest BCUT2D eigenvalue weighted by atomic mass is 32.2. The second-order valence-electron chi connectivity index (χ2n) is 8.28. The van der Waals surface area contributed by atoms with Gasteiger partial charge in [0, 0.05) is 6.54 Å². The number of carbonyl (C=O) groups is 1. The van der Waals surface area contributed by atoms with Crippen LogP contribution in [0.1, 0.15) is 11.1 Å². The van der Waals surface area contributed by atoms with Crippen LogP contribution in [0.4, 0.5) is 5.69 Å². The molecule has 0 aliphatic carbocycles. The summed E-state index contributed by atoms with van der Waals surface area (Å²) in [6.45, 7) is 2.09. The van der Waals surface area contributed by atoms with E-state index in [-0.39, 0.29) is 17.3 Å². The van der Waals surface area contributed by atoms with Crippen molar-refractivity contribution in [2.75, 3.05) is 10.8 Å². The van der Waals surface area contributed by atoms with E-state index in [0.717, 1.165) is 21.9 Å². The summed E-state index contributed by atoms with van der Waals surface area (Å²) < 4.78 is 34.2. The van der Waals surface area contributed by atoms with Gasteiger partial charge in [0.15, 0.2) is 6.10 Å². The van der Waals surface area contributed by atoms with E-state index in [1.165, 1.54) is 4.31 Å². The molecule has 1 atom stereocenters. The molecule has 4 aromatic carbocycles. The molecule has 0 radical (unpaired) electrons. The Kier molecular flexibility index (Phi) is 5.71. The number of sulfonamides is 1. The van der Waals surface area contributed by atoms with Gasteiger partial charge in [-0.3, -0.25) is 9.10 Å². The molecule has 1 amide bonds. The van der Waals surface area contributed by atoms with Crippen LogP contribution in [0, 0.1) is 6.92 Å². The van der Waals surface area contributed by atoms with Crippen molar-refractivity contribution in [1.82, 2.24) is 5.32 Å². The monoisotopic (exact) mass is 472 g/mol. The highest BCUT2D eigenvalue weighted by molar-refractivity contribution is 7.92. The first-order valence-electron chi connectivity index (χ1n) is 11.0. The number of nitrogens with one attached hydrogen (secondary N) is 1. The molecule has 6 nitrogen and oxygen atoms in total. The molecular formula is C27H24N2O4S. The normalized spacial score (nSPS) is 15.4. The van der Waals surface area contributed by atoms with E-state index in [4.69, 9.17) is 4.74 Å². The molecule has 5 rings (SSSR count). The third-order valence-electron chi connectivity index (χ3n) is 5.97. The second kappa shape index (κ2) is 8.83. The minimum Gasteiger partial charge on any atom is -0.476 e. The molecule has 0 bridgehead atoms. The summed E-state index contributed by atoms with van der Waals surface area (Å²) in [5.41, 5.74) is 2.36. The SMILES string of the molecule is Cc1ccc(S(=O)(=O)N2CC(C(=O)NCc3cccc4ccccc34)Oc3ccccc32)cc1. The van der Waals surface area contributed by atoms with Gasteiger partial charge in [-0.1, -0.05) is 72.3 Å². The summed E-state index contributed by atoms with van der Waals surface area (Å²) in [7, 11) is -3.88. The average molecular weight is 473 g/mol. The molecule has 0 spiro atoms. The van der Waals surface area contributed by atoms with Gasteiger partial charge in [0.25, 0.3) is 15.9 Å². The van der Waals surface area contributed by atoms with Gasteiger partial charge in [-0.2, -0.15) is 0 Å². The zero-order valence-corrected chi connectivity index (χ0v) is 19.5. The van der Waals surface area contributed by atoms with Gasteiger partial charge < -0.3 is 10.1 Å². The van der Waals surface area contributed by atoms with E-state index in [2.05, 4.69) is 5.32 Å².